The number of nitro groups is 1. The molecule has 4 N–H and O–H groups in total. The minimum absolute atomic E-state index is 0.0908. The zero-order chi connectivity index (χ0) is 18.4. The molecule has 1 spiro atoms. The van der Waals surface area contributed by atoms with Crippen molar-refractivity contribution in [3.63, 3.8) is 0 Å². The zero-order valence-corrected chi connectivity index (χ0v) is 13.8. The Labute approximate surface area is 146 Å². The van der Waals surface area contributed by atoms with E-state index in [4.69, 9.17) is 23.1 Å². The van der Waals surface area contributed by atoms with Gasteiger partial charge >= 0.3 is 0 Å². The van der Waals surface area contributed by atoms with E-state index >= 15 is 0 Å². The minimum atomic E-state index is -1.29. The number of aliphatic imine (C=N–C) groups is 2. The Kier molecular flexibility index (Phi) is 4.23. The van der Waals surface area contributed by atoms with Crippen molar-refractivity contribution in [3.8, 4) is 0 Å². The molecular formula is C14H15ClF2N6O2. The quantitative estimate of drug-likeness (QED) is 0.469. The summed E-state index contributed by atoms with van der Waals surface area (Å²) in [5.74, 6) is -2.86. The molecule has 0 atom stereocenters. The van der Waals surface area contributed by atoms with Crippen LogP contribution in [0.25, 0.3) is 0 Å². The summed E-state index contributed by atoms with van der Waals surface area (Å²) in [5, 5.41) is 10.5. The lowest BCUT2D eigenvalue weighted by molar-refractivity contribution is -0.384. The predicted octanol–water partition coefficient (Wildman–Crippen LogP) is 2.64. The molecule has 0 aromatic heterocycles. The van der Waals surface area contributed by atoms with E-state index in [-0.39, 0.29) is 11.9 Å². The number of hydrogen-bond acceptors (Lipinski definition) is 7. The highest BCUT2D eigenvalue weighted by Gasteiger charge is 2.46. The molecule has 1 aromatic carbocycles. The SMILES string of the molecule is NC1=NC2(CCCCC2)N(c2c([N+](=O)[O-])cc(F)c(Cl)c2F)C(N)=N1. The van der Waals surface area contributed by atoms with Crippen molar-refractivity contribution in [2.75, 3.05) is 4.90 Å². The van der Waals surface area contributed by atoms with Gasteiger partial charge in [0, 0.05) is 0 Å². The molecule has 1 aliphatic heterocycles. The summed E-state index contributed by atoms with van der Waals surface area (Å²) in [6, 6.07) is 0.562. The van der Waals surface area contributed by atoms with Gasteiger partial charge in [-0.2, -0.15) is 4.99 Å². The van der Waals surface area contributed by atoms with Gasteiger partial charge < -0.3 is 11.5 Å². The summed E-state index contributed by atoms with van der Waals surface area (Å²) in [4.78, 5) is 19.7. The number of nitro benzene ring substituents is 1. The summed E-state index contributed by atoms with van der Waals surface area (Å²) in [6.45, 7) is 0. The van der Waals surface area contributed by atoms with Gasteiger partial charge in [0.1, 0.15) is 10.7 Å². The van der Waals surface area contributed by atoms with Crippen LogP contribution in [-0.4, -0.2) is 22.5 Å². The van der Waals surface area contributed by atoms with Gasteiger partial charge in [-0.3, -0.25) is 15.0 Å². The Hall–Kier alpha value is -2.49. The summed E-state index contributed by atoms with van der Waals surface area (Å²) in [6.07, 6.45) is 3.29. The van der Waals surface area contributed by atoms with Gasteiger partial charge in [-0.25, -0.2) is 13.8 Å². The van der Waals surface area contributed by atoms with Crippen LogP contribution in [-0.2, 0) is 0 Å². The number of halogens is 3. The molecule has 2 aliphatic rings. The third-order valence-corrected chi connectivity index (χ3v) is 4.73. The van der Waals surface area contributed by atoms with Gasteiger partial charge in [0.25, 0.3) is 5.69 Å². The summed E-state index contributed by atoms with van der Waals surface area (Å²) >= 11 is 5.64. The first-order valence-electron chi connectivity index (χ1n) is 7.58. The third-order valence-electron chi connectivity index (χ3n) is 4.39. The van der Waals surface area contributed by atoms with Crippen LogP contribution in [0.15, 0.2) is 16.1 Å². The molecule has 1 aromatic rings. The highest BCUT2D eigenvalue weighted by Crippen LogP contribution is 2.45. The third kappa shape index (κ3) is 2.76. The summed E-state index contributed by atoms with van der Waals surface area (Å²) in [5.41, 5.74) is 9.15. The van der Waals surface area contributed by atoms with Crippen LogP contribution in [0, 0.1) is 21.7 Å². The minimum Gasteiger partial charge on any atom is -0.369 e. The zero-order valence-electron chi connectivity index (χ0n) is 13.0. The van der Waals surface area contributed by atoms with Gasteiger partial charge in [-0.05, 0) is 25.7 Å². The van der Waals surface area contributed by atoms with Crippen LogP contribution < -0.4 is 16.4 Å². The van der Waals surface area contributed by atoms with Gasteiger partial charge in [0.15, 0.2) is 17.3 Å². The maximum atomic E-state index is 14.8. The van der Waals surface area contributed by atoms with E-state index in [1.165, 1.54) is 0 Å². The fourth-order valence-corrected chi connectivity index (χ4v) is 3.51. The van der Waals surface area contributed by atoms with E-state index in [9.17, 15) is 18.9 Å². The van der Waals surface area contributed by atoms with Gasteiger partial charge in [0.05, 0.1) is 11.0 Å². The van der Waals surface area contributed by atoms with Gasteiger partial charge in [-0.1, -0.05) is 18.0 Å². The lowest BCUT2D eigenvalue weighted by atomic mass is 9.87. The number of guanidine groups is 2. The van der Waals surface area contributed by atoms with Crippen molar-refractivity contribution < 1.29 is 13.7 Å². The second kappa shape index (κ2) is 6.10. The molecule has 134 valence electrons. The Balaban J connectivity index is 2.28. The Morgan fingerprint density at radius 2 is 1.92 bits per heavy atom. The number of rotatable bonds is 2. The molecule has 1 fully saturated rings. The van der Waals surface area contributed by atoms with E-state index in [1.54, 1.807) is 0 Å². The molecule has 0 bridgehead atoms. The highest BCUT2D eigenvalue weighted by atomic mass is 35.5. The largest absolute Gasteiger partial charge is 0.369 e. The van der Waals surface area contributed by atoms with Crippen LogP contribution in [0.2, 0.25) is 5.02 Å². The summed E-state index contributed by atoms with van der Waals surface area (Å²) < 4.78 is 28.5. The second-order valence-corrected chi connectivity index (χ2v) is 6.31. The van der Waals surface area contributed by atoms with Gasteiger partial charge in [0.2, 0.25) is 11.9 Å². The molecular weight excluding hydrogens is 358 g/mol. The van der Waals surface area contributed by atoms with Crippen molar-refractivity contribution in [3.05, 3.63) is 32.8 Å². The Morgan fingerprint density at radius 1 is 1.28 bits per heavy atom. The van der Waals surface area contributed by atoms with Gasteiger partial charge in [-0.15, -0.1) is 0 Å². The number of anilines is 1. The average Bonchev–Trinajstić information content (AvgIpc) is 2.54. The molecule has 1 saturated carbocycles. The van der Waals surface area contributed by atoms with E-state index < -0.39 is 38.6 Å². The molecule has 11 heteroatoms. The smallest absolute Gasteiger partial charge is 0.299 e. The molecule has 1 aliphatic carbocycles. The Morgan fingerprint density at radius 3 is 2.52 bits per heavy atom. The van der Waals surface area contributed by atoms with E-state index in [0.29, 0.717) is 18.9 Å². The predicted molar refractivity (Wildman–Crippen MR) is 89.6 cm³/mol. The molecule has 1 heterocycles. The monoisotopic (exact) mass is 372 g/mol. The molecule has 3 rings (SSSR count). The fraction of sp³-hybridized carbons (Fsp3) is 0.429. The van der Waals surface area contributed by atoms with Crippen LogP contribution in [0.1, 0.15) is 32.1 Å². The van der Waals surface area contributed by atoms with Crippen molar-refractivity contribution in [1.82, 2.24) is 0 Å². The molecule has 0 unspecified atom stereocenters. The maximum Gasteiger partial charge on any atom is 0.299 e. The standard InChI is InChI=1S/C14H15ClF2N6O2/c15-9-7(16)6-8(23(24)25)11(10(9)17)22-13(19)20-12(18)21-14(22)4-2-1-3-5-14/h6H,1-5H2,(H4,18,19,20,21). The Bertz CT molecular complexity index is 807. The number of benzene rings is 1. The first-order valence-corrected chi connectivity index (χ1v) is 7.96. The maximum absolute atomic E-state index is 14.8. The van der Waals surface area contributed by atoms with E-state index in [1.807, 2.05) is 0 Å². The lowest BCUT2D eigenvalue weighted by Crippen LogP contribution is -2.58. The van der Waals surface area contributed by atoms with E-state index in [0.717, 1.165) is 24.2 Å². The first-order chi connectivity index (χ1) is 11.8. The highest BCUT2D eigenvalue weighted by molar-refractivity contribution is 6.31. The van der Waals surface area contributed by atoms with E-state index in [2.05, 4.69) is 9.98 Å². The molecule has 0 radical (unpaired) electrons. The van der Waals surface area contributed by atoms with Crippen LogP contribution in [0.3, 0.4) is 0 Å². The van der Waals surface area contributed by atoms with Crippen LogP contribution >= 0.6 is 11.6 Å². The number of nitrogens with two attached hydrogens (primary N) is 2. The normalized spacial score (nSPS) is 19.6. The summed E-state index contributed by atoms with van der Waals surface area (Å²) in [7, 11) is 0. The first kappa shape index (κ1) is 17.3. The molecule has 25 heavy (non-hydrogen) atoms. The van der Waals surface area contributed by atoms with Crippen molar-refractivity contribution in [2.24, 2.45) is 21.5 Å². The van der Waals surface area contributed by atoms with Crippen molar-refractivity contribution in [2.45, 2.75) is 37.8 Å². The number of hydrogen-bond donors (Lipinski definition) is 2. The topological polar surface area (TPSA) is 123 Å². The number of nitrogens with zero attached hydrogens (tertiary/aromatic N) is 4. The van der Waals surface area contributed by atoms with Crippen molar-refractivity contribution in [1.29, 1.82) is 0 Å². The van der Waals surface area contributed by atoms with Crippen LogP contribution in [0.5, 0.6) is 0 Å². The molecule has 0 saturated heterocycles. The average molecular weight is 373 g/mol. The fourth-order valence-electron chi connectivity index (χ4n) is 3.37. The van der Waals surface area contributed by atoms with Crippen LogP contribution in [0.4, 0.5) is 20.2 Å². The second-order valence-electron chi connectivity index (χ2n) is 5.93. The molecule has 0 amide bonds. The lowest BCUT2D eigenvalue weighted by Gasteiger charge is -2.45. The van der Waals surface area contributed by atoms with Crippen molar-refractivity contribution >= 4 is 34.9 Å². The molecule has 8 nitrogen and oxygen atoms in total.